The highest BCUT2D eigenvalue weighted by molar-refractivity contribution is 7.16. The third kappa shape index (κ3) is 1.96. The minimum absolute atomic E-state index is 0.768. The Bertz CT molecular complexity index is 108. The molecular formula is C10H21P. The maximum Gasteiger partial charge on any atom is -0.0297 e. The van der Waals surface area contributed by atoms with Crippen molar-refractivity contribution in [1.82, 2.24) is 0 Å². The van der Waals surface area contributed by atoms with Gasteiger partial charge in [0, 0.05) is 0 Å². The van der Waals surface area contributed by atoms with Crippen molar-refractivity contribution >= 4 is 9.24 Å². The molecule has 0 spiro atoms. The van der Waals surface area contributed by atoms with Crippen molar-refractivity contribution in [2.45, 2.75) is 46.0 Å². The molecule has 0 aliphatic heterocycles. The lowest BCUT2D eigenvalue weighted by Crippen LogP contribution is -2.36. The molecule has 1 heteroatoms. The van der Waals surface area contributed by atoms with E-state index in [0.29, 0.717) is 0 Å². The molecule has 1 unspecified atom stereocenters. The van der Waals surface area contributed by atoms with Gasteiger partial charge >= 0.3 is 0 Å². The Morgan fingerprint density at radius 3 is 2.18 bits per heavy atom. The summed E-state index contributed by atoms with van der Waals surface area (Å²) in [6.45, 7) is 4.70. The molecule has 11 heavy (non-hydrogen) atoms. The topological polar surface area (TPSA) is 0 Å². The first-order valence-corrected chi connectivity index (χ1v) is 5.78. The predicted octanol–water partition coefficient (Wildman–Crippen LogP) is 3.47. The van der Waals surface area contributed by atoms with E-state index in [4.69, 9.17) is 0 Å². The minimum atomic E-state index is 0.768. The summed E-state index contributed by atoms with van der Waals surface area (Å²) in [5, 5.41) is 0. The van der Waals surface area contributed by atoms with E-state index in [9.17, 15) is 0 Å². The Kier molecular flexibility index (Phi) is 3.37. The molecule has 1 aliphatic carbocycles. The van der Waals surface area contributed by atoms with Crippen LogP contribution in [0.5, 0.6) is 0 Å². The van der Waals surface area contributed by atoms with Crippen molar-refractivity contribution in [3.8, 4) is 0 Å². The maximum atomic E-state index is 2.84. The molecule has 1 rings (SSSR count). The fourth-order valence-electron chi connectivity index (χ4n) is 2.43. The van der Waals surface area contributed by atoms with Crippen LogP contribution in [0.2, 0.25) is 0 Å². The molecule has 1 aliphatic rings. The van der Waals surface area contributed by atoms with E-state index in [-0.39, 0.29) is 0 Å². The Hall–Kier alpha value is 0.430. The molecular weight excluding hydrogens is 151 g/mol. The molecule has 0 bridgehead atoms. The number of hydrogen-bond donors (Lipinski definition) is 0. The fourth-order valence-corrected chi connectivity index (χ4v) is 2.90. The van der Waals surface area contributed by atoms with Gasteiger partial charge in [-0.1, -0.05) is 26.7 Å². The molecule has 66 valence electrons. The SMILES string of the molecule is CCC1(CC)CC(CCP)C1. The summed E-state index contributed by atoms with van der Waals surface area (Å²) in [7, 11) is 2.84. The summed E-state index contributed by atoms with van der Waals surface area (Å²) in [4.78, 5) is 0. The van der Waals surface area contributed by atoms with Crippen molar-refractivity contribution in [3.05, 3.63) is 0 Å². The number of rotatable bonds is 4. The molecule has 0 aromatic rings. The van der Waals surface area contributed by atoms with Crippen LogP contribution in [0.15, 0.2) is 0 Å². The predicted molar refractivity (Wildman–Crippen MR) is 54.9 cm³/mol. The van der Waals surface area contributed by atoms with Crippen molar-refractivity contribution in [2.24, 2.45) is 11.3 Å². The highest BCUT2D eigenvalue weighted by Gasteiger charge is 2.40. The van der Waals surface area contributed by atoms with Gasteiger partial charge in [0.15, 0.2) is 0 Å². The second-order valence-corrected chi connectivity index (χ2v) is 4.64. The second kappa shape index (κ2) is 3.90. The van der Waals surface area contributed by atoms with Gasteiger partial charge in [0.1, 0.15) is 0 Å². The molecule has 0 saturated heterocycles. The minimum Gasteiger partial charge on any atom is -0.138 e. The summed E-state index contributed by atoms with van der Waals surface area (Å²) in [6.07, 6.45) is 8.55. The lowest BCUT2D eigenvalue weighted by Gasteiger charge is -2.47. The van der Waals surface area contributed by atoms with Gasteiger partial charge in [0.05, 0.1) is 0 Å². The summed E-state index contributed by atoms with van der Waals surface area (Å²) in [6, 6.07) is 0. The van der Waals surface area contributed by atoms with E-state index < -0.39 is 0 Å². The Morgan fingerprint density at radius 1 is 1.27 bits per heavy atom. The van der Waals surface area contributed by atoms with Crippen LogP contribution in [0.1, 0.15) is 46.0 Å². The lowest BCUT2D eigenvalue weighted by molar-refractivity contribution is 0.0441. The van der Waals surface area contributed by atoms with Crippen LogP contribution in [-0.4, -0.2) is 6.16 Å². The first-order chi connectivity index (χ1) is 5.26. The fraction of sp³-hybridized carbons (Fsp3) is 1.00. The standard InChI is InChI=1S/C10H21P/c1-3-10(4-2)7-9(8-10)5-6-11/h9H,3-8,11H2,1-2H3. The maximum absolute atomic E-state index is 2.84. The molecule has 0 amide bonds. The van der Waals surface area contributed by atoms with Gasteiger partial charge in [-0.3, -0.25) is 0 Å². The number of hydrogen-bond acceptors (Lipinski definition) is 0. The van der Waals surface area contributed by atoms with Crippen molar-refractivity contribution in [1.29, 1.82) is 0 Å². The van der Waals surface area contributed by atoms with Crippen LogP contribution >= 0.6 is 9.24 Å². The summed E-state index contributed by atoms with van der Waals surface area (Å²) < 4.78 is 0. The lowest BCUT2D eigenvalue weighted by atomic mass is 9.58. The van der Waals surface area contributed by atoms with E-state index in [1.807, 2.05) is 0 Å². The Balaban J connectivity index is 2.24. The molecule has 0 nitrogen and oxygen atoms in total. The average molecular weight is 172 g/mol. The van der Waals surface area contributed by atoms with Crippen molar-refractivity contribution in [2.75, 3.05) is 6.16 Å². The smallest absolute Gasteiger partial charge is 0.0297 e. The van der Waals surface area contributed by atoms with Gasteiger partial charge in [-0.15, -0.1) is 9.24 Å². The first-order valence-electron chi connectivity index (χ1n) is 4.96. The van der Waals surface area contributed by atoms with Crippen molar-refractivity contribution < 1.29 is 0 Å². The van der Waals surface area contributed by atoms with Crippen LogP contribution < -0.4 is 0 Å². The Labute approximate surface area is 73.3 Å². The first kappa shape index (κ1) is 9.52. The third-order valence-corrected chi connectivity index (χ3v) is 3.85. The average Bonchev–Trinajstić information content (AvgIpc) is 1.96. The highest BCUT2D eigenvalue weighted by atomic mass is 31.0. The molecule has 0 radical (unpaired) electrons. The molecule has 0 aromatic heterocycles. The molecule has 1 saturated carbocycles. The zero-order valence-electron chi connectivity index (χ0n) is 7.90. The summed E-state index contributed by atoms with van der Waals surface area (Å²) in [5.41, 5.74) is 0.768. The van der Waals surface area contributed by atoms with Gasteiger partial charge in [-0.05, 0) is 36.8 Å². The molecule has 0 N–H and O–H groups in total. The monoisotopic (exact) mass is 172 g/mol. The van der Waals surface area contributed by atoms with E-state index in [1.54, 1.807) is 0 Å². The van der Waals surface area contributed by atoms with Crippen LogP contribution in [0, 0.1) is 11.3 Å². The van der Waals surface area contributed by atoms with Gasteiger partial charge in [0.25, 0.3) is 0 Å². The normalized spacial score (nSPS) is 23.2. The van der Waals surface area contributed by atoms with Crippen molar-refractivity contribution in [3.63, 3.8) is 0 Å². The van der Waals surface area contributed by atoms with Crippen LogP contribution in [0.25, 0.3) is 0 Å². The zero-order valence-corrected chi connectivity index (χ0v) is 9.05. The molecule has 1 atom stereocenters. The van der Waals surface area contributed by atoms with E-state index in [0.717, 1.165) is 11.3 Å². The summed E-state index contributed by atoms with van der Waals surface area (Å²) in [5.74, 6) is 1.06. The zero-order chi connectivity index (χ0) is 8.32. The Morgan fingerprint density at radius 2 is 1.82 bits per heavy atom. The van der Waals surface area contributed by atoms with Crippen LogP contribution in [-0.2, 0) is 0 Å². The second-order valence-electron chi connectivity index (χ2n) is 4.06. The highest BCUT2D eigenvalue weighted by Crippen LogP contribution is 2.51. The largest absolute Gasteiger partial charge is 0.138 e. The third-order valence-electron chi connectivity index (χ3n) is 3.52. The van der Waals surface area contributed by atoms with Crippen LogP contribution in [0.4, 0.5) is 0 Å². The van der Waals surface area contributed by atoms with Gasteiger partial charge in [-0.2, -0.15) is 0 Å². The molecule has 1 fully saturated rings. The van der Waals surface area contributed by atoms with Gasteiger partial charge < -0.3 is 0 Å². The quantitative estimate of drug-likeness (QED) is 0.569. The molecule has 0 heterocycles. The summed E-state index contributed by atoms with van der Waals surface area (Å²) >= 11 is 0. The molecule has 0 aromatic carbocycles. The van der Waals surface area contributed by atoms with Crippen LogP contribution in [0.3, 0.4) is 0 Å². The van der Waals surface area contributed by atoms with Gasteiger partial charge in [-0.25, -0.2) is 0 Å². The van der Waals surface area contributed by atoms with E-state index in [2.05, 4.69) is 23.1 Å². The van der Waals surface area contributed by atoms with Gasteiger partial charge in [0.2, 0.25) is 0 Å². The van der Waals surface area contributed by atoms with E-state index >= 15 is 0 Å². The van der Waals surface area contributed by atoms with E-state index in [1.165, 1.54) is 38.3 Å².